The van der Waals surface area contributed by atoms with Crippen LogP contribution in [0.15, 0.2) is 54.6 Å². The SMILES string of the molecule is Cc1cccc(Oc2c(CN(CC3CC3)C[C@@H](O)COC(C)C)c(-c3ccccc3)nn2C)c1. The fourth-order valence-electron chi connectivity index (χ4n) is 4.19. The molecule has 3 aromatic rings. The van der Waals surface area contributed by atoms with Gasteiger partial charge in [-0.2, -0.15) is 5.10 Å². The first-order valence-corrected chi connectivity index (χ1v) is 12.3. The third-order valence-corrected chi connectivity index (χ3v) is 6.03. The fourth-order valence-corrected chi connectivity index (χ4v) is 4.19. The van der Waals surface area contributed by atoms with E-state index in [1.165, 1.54) is 12.8 Å². The Morgan fingerprint density at radius 3 is 2.56 bits per heavy atom. The number of rotatable bonds is 12. The van der Waals surface area contributed by atoms with E-state index in [2.05, 4.69) is 30.0 Å². The Balaban J connectivity index is 1.64. The van der Waals surface area contributed by atoms with Crippen LogP contribution in [0.3, 0.4) is 0 Å². The van der Waals surface area contributed by atoms with Gasteiger partial charge in [0, 0.05) is 32.2 Å². The van der Waals surface area contributed by atoms with Gasteiger partial charge in [0.05, 0.1) is 24.4 Å². The third kappa shape index (κ3) is 6.69. The Kier molecular flexibility index (Phi) is 8.03. The molecule has 1 aliphatic rings. The van der Waals surface area contributed by atoms with Crippen LogP contribution in [0.2, 0.25) is 0 Å². The second-order valence-electron chi connectivity index (χ2n) is 9.71. The molecular weight excluding hydrogens is 426 g/mol. The summed E-state index contributed by atoms with van der Waals surface area (Å²) in [6, 6.07) is 18.3. The Hall–Kier alpha value is -2.67. The summed E-state index contributed by atoms with van der Waals surface area (Å²) in [5, 5.41) is 15.6. The quantitative estimate of drug-likeness (QED) is 0.401. The normalized spacial score (nSPS) is 14.7. The molecule has 182 valence electrons. The van der Waals surface area contributed by atoms with Gasteiger partial charge in [0.2, 0.25) is 5.88 Å². The molecule has 1 aromatic heterocycles. The van der Waals surface area contributed by atoms with Crippen LogP contribution >= 0.6 is 0 Å². The number of aliphatic hydroxyl groups excluding tert-OH is 1. The smallest absolute Gasteiger partial charge is 0.222 e. The summed E-state index contributed by atoms with van der Waals surface area (Å²) < 4.78 is 13.9. The summed E-state index contributed by atoms with van der Waals surface area (Å²) >= 11 is 0. The Morgan fingerprint density at radius 2 is 1.88 bits per heavy atom. The van der Waals surface area contributed by atoms with Crippen LogP contribution in [0.25, 0.3) is 11.3 Å². The molecule has 1 saturated carbocycles. The molecule has 0 spiro atoms. The first-order valence-electron chi connectivity index (χ1n) is 12.3. The summed E-state index contributed by atoms with van der Waals surface area (Å²) in [5.41, 5.74) is 4.16. The molecular formula is C28H37N3O3. The summed E-state index contributed by atoms with van der Waals surface area (Å²) in [6.45, 7) is 8.53. The number of aromatic nitrogens is 2. The van der Waals surface area contributed by atoms with Crippen molar-refractivity contribution < 1.29 is 14.6 Å². The average molecular weight is 464 g/mol. The molecule has 6 heteroatoms. The molecule has 0 bridgehead atoms. The molecule has 1 aliphatic carbocycles. The summed E-state index contributed by atoms with van der Waals surface area (Å²) in [4.78, 5) is 2.33. The van der Waals surface area contributed by atoms with Gasteiger partial charge < -0.3 is 14.6 Å². The van der Waals surface area contributed by atoms with Gasteiger partial charge in [0.25, 0.3) is 0 Å². The number of ether oxygens (including phenoxy) is 2. The Morgan fingerprint density at radius 1 is 1.12 bits per heavy atom. The van der Waals surface area contributed by atoms with E-state index in [1.807, 2.05) is 62.0 Å². The number of hydrogen-bond donors (Lipinski definition) is 1. The van der Waals surface area contributed by atoms with E-state index in [4.69, 9.17) is 14.6 Å². The molecule has 4 rings (SSSR count). The van der Waals surface area contributed by atoms with Gasteiger partial charge in [-0.1, -0.05) is 42.5 Å². The van der Waals surface area contributed by atoms with Crippen molar-refractivity contribution in [1.82, 2.24) is 14.7 Å². The number of aliphatic hydroxyl groups is 1. The molecule has 34 heavy (non-hydrogen) atoms. The van der Waals surface area contributed by atoms with E-state index >= 15 is 0 Å². The van der Waals surface area contributed by atoms with E-state index in [1.54, 1.807) is 0 Å². The van der Waals surface area contributed by atoms with E-state index in [-0.39, 0.29) is 6.10 Å². The predicted octanol–water partition coefficient (Wildman–Crippen LogP) is 5.19. The zero-order valence-corrected chi connectivity index (χ0v) is 20.8. The van der Waals surface area contributed by atoms with Crippen molar-refractivity contribution in [2.24, 2.45) is 13.0 Å². The lowest BCUT2D eigenvalue weighted by molar-refractivity contribution is -0.0101. The fraction of sp³-hybridized carbons (Fsp3) is 0.464. The van der Waals surface area contributed by atoms with Gasteiger partial charge in [-0.05, 0) is 57.2 Å². The number of nitrogens with zero attached hydrogens (tertiary/aromatic N) is 3. The molecule has 0 aliphatic heterocycles. The molecule has 1 atom stereocenters. The molecule has 6 nitrogen and oxygen atoms in total. The van der Waals surface area contributed by atoms with Crippen LogP contribution in [0.4, 0.5) is 0 Å². The van der Waals surface area contributed by atoms with Gasteiger partial charge in [-0.3, -0.25) is 4.90 Å². The average Bonchev–Trinajstić information content (AvgIpc) is 3.57. The monoisotopic (exact) mass is 463 g/mol. The minimum Gasteiger partial charge on any atom is -0.439 e. The highest BCUT2D eigenvalue weighted by Gasteiger charge is 2.28. The molecule has 2 aromatic carbocycles. The first-order chi connectivity index (χ1) is 16.4. The zero-order valence-electron chi connectivity index (χ0n) is 20.8. The van der Waals surface area contributed by atoms with Gasteiger partial charge in [-0.15, -0.1) is 0 Å². The molecule has 0 amide bonds. The van der Waals surface area contributed by atoms with Crippen LogP contribution < -0.4 is 4.74 Å². The van der Waals surface area contributed by atoms with Crippen molar-refractivity contribution in [1.29, 1.82) is 0 Å². The van der Waals surface area contributed by atoms with Crippen LogP contribution in [0.1, 0.15) is 37.8 Å². The van der Waals surface area contributed by atoms with Crippen LogP contribution in [-0.4, -0.2) is 51.7 Å². The Bertz CT molecular complexity index is 1060. The van der Waals surface area contributed by atoms with Crippen molar-refractivity contribution in [3.63, 3.8) is 0 Å². The summed E-state index contributed by atoms with van der Waals surface area (Å²) in [6.07, 6.45) is 2.06. The summed E-state index contributed by atoms with van der Waals surface area (Å²) in [5.74, 6) is 2.22. The van der Waals surface area contributed by atoms with Gasteiger partial charge in [0.1, 0.15) is 11.4 Å². The topological polar surface area (TPSA) is 59.8 Å². The highest BCUT2D eigenvalue weighted by molar-refractivity contribution is 5.65. The molecule has 1 N–H and O–H groups in total. The van der Waals surface area contributed by atoms with Gasteiger partial charge >= 0.3 is 0 Å². The lowest BCUT2D eigenvalue weighted by Gasteiger charge is -2.26. The van der Waals surface area contributed by atoms with E-state index < -0.39 is 6.10 Å². The highest BCUT2D eigenvalue weighted by Crippen LogP contribution is 2.36. The molecule has 1 heterocycles. The maximum absolute atomic E-state index is 10.7. The van der Waals surface area contributed by atoms with Crippen molar-refractivity contribution in [2.75, 3.05) is 19.7 Å². The van der Waals surface area contributed by atoms with Crippen molar-refractivity contribution in [3.8, 4) is 22.9 Å². The lowest BCUT2D eigenvalue weighted by atomic mass is 10.1. The number of hydrogen-bond acceptors (Lipinski definition) is 5. The molecule has 1 fully saturated rings. The summed E-state index contributed by atoms with van der Waals surface area (Å²) in [7, 11) is 1.93. The first kappa shape index (κ1) is 24.5. The number of aryl methyl sites for hydroxylation is 2. The second kappa shape index (κ2) is 11.2. The minimum atomic E-state index is -0.542. The molecule has 0 saturated heterocycles. The zero-order chi connectivity index (χ0) is 24.1. The van der Waals surface area contributed by atoms with Crippen LogP contribution in [-0.2, 0) is 18.3 Å². The lowest BCUT2D eigenvalue weighted by Crippen LogP contribution is -2.36. The maximum Gasteiger partial charge on any atom is 0.222 e. The van der Waals surface area contributed by atoms with Crippen molar-refractivity contribution in [3.05, 3.63) is 65.7 Å². The predicted molar refractivity (Wildman–Crippen MR) is 135 cm³/mol. The van der Waals surface area contributed by atoms with Crippen molar-refractivity contribution in [2.45, 2.75) is 52.4 Å². The standard InChI is InChI=1S/C28H37N3O3/c1-20(2)33-19-24(32)17-31(16-22-13-14-22)18-26-27(23-10-6-5-7-11-23)29-30(4)28(26)34-25-12-8-9-21(3)15-25/h5-12,15,20,22,24,32H,13-14,16-19H2,1-4H3/t24-/m1/s1. The van der Waals surface area contributed by atoms with E-state index in [0.717, 1.165) is 40.6 Å². The number of benzene rings is 2. The van der Waals surface area contributed by atoms with E-state index in [0.29, 0.717) is 25.6 Å². The van der Waals surface area contributed by atoms with Gasteiger partial charge in [0.15, 0.2) is 0 Å². The van der Waals surface area contributed by atoms with Crippen LogP contribution in [0.5, 0.6) is 11.6 Å². The largest absolute Gasteiger partial charge is 0.439 e. The minimum absolute atomic E-state index is 0.101. The van der Waals surface area contributed by atoms with Gasteiger partial charge in [-0.25, -0.2) is 4.68 Å². The highest BCUT2D eigenvalue weighted by atomic mass is 16.5. The molecule has 0 radical (unpaired) electrons. The Labute approximate surface area is 203 Å². The van der Waals surface area contributed by atoms with Crippen LogP contribution in [0, 0.1) is 12.8 Å². The maximum atomic E-state index is 10.7. The van der Waals surface area contributed by atoms with Crippen molar-refractivity contribution >= 4 is 0 Å². The molecule has 0 unspecified atom stereocenters. The van der Waals surface area contributed by atoms with E-state index in [9.17, 15) is 5.11 Å². The second-order valence-corrected chi connectivity index (χ2v) is 9.71. The third-order valence-electron chi connectivity index (χ3n) is 6.03.